The van der Waals surface area contributed by atoms with Crippen LogP contribution in [0.4, 0.5) is 0 Å². The number of para-hydroxylation sites is 1. The Hall–Kier alpha value is -2.55. The van der Waals surface area contributed by atoms with Crippen LogP contribution in [0.15, 0.2) is 59.2 Å². The number of sulfone groups is 1. The minimum absolute atomic E-state index is 0.0594. The molecule has 0 aliphatic carbocycles. The Morgan fingerprint density at radius 1 is 1.21 bits per heavy atom. The van der Waals surface area contributed by atoms with E-state index in [0.29, 0.717) is 24.3 Å². The minimum Gasteiger partial charge on any atom is -0.507 e. The standard InChI is InChI=1S/C26H31BO6S/c1-17(11-20-12-18(2)26(28)19(3)13-20)9-10-23-25-21(15-32-22-7-5-4-6-8-22)16-34(30,31)24(25)14-27(29)33-23/h4-8,11-13,23-24,28-29H,9-10,14-16H2,1-3H3/b17-11+/t23-,24+/m1/s1. The van der Waals surface area contributed by atoms with Gasteiger partial charge < -0.3 is 19.5 Å². The third-order valence-electron chi connectivity index (χ3n) is 6.53. The molecule has 2 aliphatic heterocycles. The van der Waals surface area contributed by atoms with E-state index in [1.165, 1.54) is 0 Å². The number of ether oxygens (including phenoxy) is 1. The third-order valence-corrected chi connectivity index (χ3v) is 8.60. The summed E-state index contributed by atoms with van der Waals surface area (Å²) in [6, 6.07) is 13.2. The smallest absolute Gasteiger partial charge is 0.456 e. The van der Waals surface area contributed by atoms with Gasteiger partial charge in [-0.25, -0.2) is 8.42 Å². The first kappa shape index (κ1) is 24.6. The van der Waals surface area contributed by atoms with Gasteiger partial charge in [-0.05, 0) is 85.7 Å². The molecule has 34 heavy (non-hydrogen) atoms. The summed E-state index contributed by atoms with van der Waals surface area (Å²) in [5, 5.41) is 19.6. The quantitative estimate of drug-likeness (QED) is 0.453. The fourth-order valence-electron chi connectivity index (χ4n) is 4.88. The van der Waals surface area contributed by atoms with Gasteiger partial charge in [-0.2, -0.15) is 0 Å². The molecule has 1 saturated heterocycles. The summed E-state index contributed by atoms with van der Waals surface area (Å²) in [4.78, 5) is 0. The number of fused-ring (bicyclic) bond motifs is 1. The largest absolute Gasteiger partial charge is 0.507 e. The van der Waals surface area contributed by atoms with E-state index in [-0.39, 0.29) is 18.7 Å². The lowest BCUT2D eigenvalue weighted by molar-refractivity contribution is 0.168. The van der Waals surface area contributed by atoms with Crippen LogP contribution >= 0.6 is 0 Å². The summed E-state index contributed by atoms with van der Waals surface area (Å²) in [5.74, 6) is 0.931. The summed E-state index contributed by atoms with van der Waals surface area (Å²) in [5.41, 5.74) is 5.25. The van der Waals surface area contributed by atoms with Crippen molar-refractivity contribution >= 4 is 23.0 Å². The normalized spacial score (nSPS) is 22.1. The molecule has 0 saturated carbocycles. The fraction of sp³-hybridized carbons (Fsp3) is 0.385. The van der Waals surface area contributed by atoms with Crippen molar-refractivity contribution in [3.8, 4) is 11.5 Å². The molecule has 6 nitrogen and oxygen atoms in total. The highest BCUT2D eigenvalue weighted by Gasteiger charge is 2.48. The third kappa shape index (κ3) is 5.40. The second kappa shape index (κ2) is 9.98. The van der Waals surface area contributed by atoms with Crippen LogP contribution < -0.4 is 4.74 Å². The summed E-state index contributed by atoms with van der Waals surface area (Å²) < 4.78 is 37.5. The molecule has 8 heteroatoms. The Bertz CT molecular complexity index is 1200. The second-order valence-corrected chi connectivity index (χ2v) is 11.5. The number of hydrogen-bond donors (Lipinski definition) is 2. The van der Waals surface area contributed by atoms with Crippen LogP contribution in [0, 0.1) is 13.8 Å². The molecular weight excluding hydrogens is 451 g/mol. The van der Waals surface area contributed by atoms with E-state index in [4.69, 9.17) is 9.39 Å². The number of phenols is 1. The van der Waals surface area contributed by atoms with E-state index in [9.17, 15) is 18.5 Å². The predicted octanol–water partition coefficient (Wildman–Crippen LogP) is 4.24. The molecule has 180 valence electrons. The maximum absolute atomic E-state index is 12.9. The van der Waals surface area contributed by atoms with Gasteiger partial charge in [0, 0.05) is 6.32 Å². The zero-order chi connectivity index (χ0) is 24.5. The molecule has 0 amide bonds. The monoisotopic (exact) mass is 482 g/mol. The molecule has 0 spiro atoms. The number of rotatable bonds is 7. The van der Waals surface area contributed by atoms with Gasteiger partial charge in [0.1, 0.15) is 18.1 Å². The van der Waals surface area contributed by atoms with Gasteiger partial charge in [-0.3, -0.25) is 0 Å². The van der Waals surface area contributed by atoms with Crippen LogP contribution in [0.5, 0.6) is 11.5 Å². The lowest BCUT2D eigenvalue weighted by Crippen LogP contribution is -2.42. The number of phenolic OH excluding ortho intramolecular Hbond substituents is 1. The van der Waals surface area contributed by atoms with Crippen molar-refractivity contribution < 1.29 is 27.9 Å². The SMILES string of the molecule is C/C(=C\c1cc(C)c(O)c(C)c1)CC[C@H]1OB(O)C[C@H]2C1=C(COc1ccccc1)CS2(=O)=O. The van der Waals surface area contributed by atoms with Crippen molar-refractivity contribution in [2.45, 2.75) is 51.3 Å². The van der Waals surface area contributed by atoms with E-state index in [1.807, 2.05) is 63.2 Å². The van der Waals surface area contributed by atoms with Gasteiger partial charge >= 0.3 is 7.12 Å². The van der Waals surface area contributed by atoms with E-state index in [2.05, 4.69) is 6.08 Å². The molecule has 2 atom stereocenters. The Balaban J connectivity index is 1.53. The van der Waals surface area contributed by atoms with Gasteiger partial charge in [0.25, 0.3) is 0 Å². The van der Waals surface area contributed by atoms with Crippen molar-refractivity contribution in [2.75, 3.05) is 12.4 Å². The number of hydrogen-bond acceptors (Lipinski definition) is 6. The highest BCUT2D eigenvalue weighted by atomic mass is 32.2. The van der Waals surface area contributed by atoms with Gasteiger partial charge in [0.15, 0.2) is 9.84 Å². The Morgan fingerprint density at radius 2 is 1.88 bits per heavy atom. The molecular formula is C26H31BO6S. The van der Waals surface area contributed by atoms with Crippen LogP contribution in [-0.2, 0) is 14.5 Å². The first-order valence-electron chi connectivity index (χ1n) is 11.6. The highest BCUT2D eigenvalue weighted by Crippen LogP contribution is 2.39. The van der Waals surface area contributed by atoms with E-state index in [0.717, 1.165) is 33.4 Å². The lowest BCUT2D eigenvalue weighted by Gasteiger charge is -2.32. The molecule has 2 N–H and O–H groups in total. The average molecular weight is 482 g/mol. The first-order chi connectivity index (χ1) is 16.1. The molecule has 0 aromatic heterocycles. The Labute approximate surface area is 202 Å². The molecule has 0 unspecified atom stereocenters. The summed E-state index contributed by atoms with van der Waals surface area (Å²) in [7, 11) is -4.50. The molecule has 1 fully saturated rings. The predicted molar refractivity (Wildman–Crippen MR) is 135 cm³/mol. The topological polar surface area (TPSA) is 93.1 Å². The van der Waals surface area contributed by atoms with Crippen LogP contribution in [0.3, 0.4) is 0 Å². The maximum atomic E-state index is 12.9. The molecule has 2 aromatic carbocycles. The van der Waals surface area contributed by atoms with Crippen LogP contribution in [0.25, 0.3) is 6.08 Å². The van der Waals surface area contributed by atoms with Crippen molar-refractivity contribution in [1.82, 2.24) is 0 Å². The molecule has 2 aromatic rings. The Kier molecular flexibility index (Phi) is 7.21. The van der Waals surface area contributed by atoms with Gasteiger partial charge in [0.05, 0.1) is 17.1 Å². The fourth-order valence-corrected chi connectivity index (χ4v) is 6.98. The second-order valence-electron chi connectivity index (χ2n) is 9.30. The van der Waals surface area contributed by atoms with E-state index < -0.39 is 28.3 Å². The summed E-state index contributed by atoms with van der Waals surface area (Å²) >= 11 is 0. The van der Waals surface area contributed by atoms with Gasteiger partial charge in [0.2, 0.25) is 0 Å². The van der Waals surface area contributed by atoms with Crippen molar-refractivity contribution in [3.05, 3.63) is 75.9 Å². The molecule has 4 rings (SSSR count). The molecule has 0 bridgehead atoms. The van der Waals surface area contributed by atoms with Crippen molar-refractivity contribution in [2.24, 2.45) is 0 Å². The lowest BCUT2D eigenvalue weighted by atomic mass is 9.74. The first-order valence-corrected chi connectivity index (χ1v) is 13.3. The van der Waals surface area contributed by atoms with E-state index in [1.54, 1.807) is 0 Å². The van der Waals surface area contributed by atoms with Crippen LogP contribution in [-0.4, -0.2) is 49.4 Å². The molecule has 0 radical (unpaired) electrons. The maximum Gasteiger partial charge on any atom is 0.456 e. The average Bonchev–Trinajstić information content (AvgIpc) is 3.05. The van der Waals surface area contributed by atoms with Gasteiger partial charge in [-0.1, -0.05) is 29.8 Å². The molecule has 2 aliphatic rings. The Morgan fingerprint density at radius 3 is 2.56 bits per heavy atom. The summed E-state index contributed by atoms with van der Waals surface area (Å²) in [6.45, 7) is 5.95. The van der Waals surface area contributed by atoms with Crippen LogP contribution in [0.2, 0.25) is 6.32 Å². The van der Waals surface area contributed by atoms with Crippen molar-refractivity contribution in [1.29, 1.82) is 0 Å². The zero-order valence-electron chi connectivity index (χ0n) is 19.8. The number of benzene rings is 2. The highest BCUT2D eigenvalue weighted by molar-refractivity contribution is 7.92. The van der Waals surface area contributed by atoms with Crippen LogP contribution in [0.1, 0.15) is 36.5 Å². The number of allylic oxidation sites excluding steroid dienone is 1. The van der Waals surface area contributed by atoms with Crippen molar-refractivity contribution in [3.63, 3.8) is 0 Å². The molecule has 2 heterocycles. The number of aryl methyl sites for hydroxylation is 2. The minimum atomic E-state index is -3.40. The van der Waals surface area contributed by atoms with E-state index >= 15 is 0 Å². The zero-order valence-corrected chi connectivity index (χ0v) is 20.6. The summed E-state index contributed by atoms with van der Waals surface area (Å²) in [6.07, 6.45) is 2.89. The van der Waals surface area contributed by atoms with Gasteiger partial charge in [-0.15, -0.1) is 0 Å². The number of aromatic hydroxyl groups is 1.